The van der Waals surface area contributed by atoms with Gasteiger partial charge in [-0.2, -0.15) is 0 Å². The van der Waals surface area contributed by atoms with Gasteiger partial charge in [-0.25, -0.2) is 0 Å². The second-order valence-corrected chi connectivity index (χ2v) is 7.77. The van der Waals surface area contributed by atoms with Gasteiger partial charge in [0.25, 0.3) is 5.91 Å². The molecule has 1 amide bonds. The number of amides is 1. The van der Waals surface area contributed by atoms with E-state index in [1.54, 1.807) is 26.0 Å². The van der Waals surface area contributed by atoms with Gasteiger partial charge in [0.2, 0.25) is 0 Å². The summed E-state index contributed by atoms with van der Waals surface area (Å²) in [7, 11) is 5.32. The predicted molar refractivity (Wildman–Crippen MR) is 130 cm³/mol. The van der Waals surface area contributed by atoms with E-state index in [4.69, 9.17) is 0 Å². The van der Waals surface area contributed by atoms with Crippen molar-refractivity contribution in [1.29, 1.82) is 0 Å². The number of rotatable bonds is 6. The fourth-order valence-electron chi connectivity index (χ4n) is 3.54. The van der Waals surface area contributed by atoms with E-state index < -0.39 is 0 Å². The molecular weight excluding hydrogens is 475 g/mol. The zero-order valence-corrected chi connectivity index (χ0v) is 20.0. The molecule has 0 unspecified atom stereocenters. The molecule has 0 aromatic heterocycles. The summed E-state index contributed by atoms with van der Waals surface area (Å²) >= 11 is 0. The number of guanidine groups is 1. The molecule has 156 valence electrons. The Balaban J connectivity index is 0.00000300. The van der Waals surface area contributed by atoms with Crippen molar-refractivity contribution in [3.05, 3.63) is 70.8 Å². The molecule has 29 heavy (non-hydrogen) atoms. The third-order valence-electron chi connectivity index (χ3n) is 5.45. The van der Waals surface area contributed by atoms with Crippen LogP contribution in [0.2, 0.25) is 0 Å². The van der Waals surface area contributed by atoms with Crippen LogP contribution < -0.4 is 10.6 Å². The van der Waals surface area contributed by atoms with E-state index in [0.717, 1.165) is 18.1 Å². The van der Waals surface area contributed by atoms with Gasteiger partial charge in [-0.15, -0.1) is 24.0 Å². The Morgan fingerprint density at radius 2 is 1.72 bits per heavy atom. The fourth-order valence-corrected chi connectivity index (χ4v) is 3.54. The highest BCUT2D eigenvalue weighted by Crippen LogP contribution is 2.48. The summed E-state index contributed by atoms with van der Waals surface area (Å²) in [6.45, 7) is 3.73. The minimum Gasteiger partial charge on any atom is -0.356 e. The van der Waals surface area contributed by atoms with Gasteiger partial charge >= 0.3 is 0 Å². The lowest BCUT2D eigenvalue weighted by Crippen LogP contribution is -2.41. The number of benzene rings is 2. The lowest BCUT2D eigenvalue weighted by atomic mass is 9.92. The van der Waals surface area contributed by atoms with Crippen LogP contribution in [0.15, 0.2) is 53.5 Å². The number of nitrogens with one attached hydrogen (secondary N) is 2. The zero-order valence-electron chi connectivity index (χ0n) is 17.7. The van der Waals surface area contributed by atoms with Crippen LogP contribution in [0.1, 0.15) is 39.9 Å². The Labute approximate surface area is 191 Å². The van der Waals surface area contributed by atoms with Crippen molar-refractivity contribution in [1.82, 2.24) is 15.5 Å². The monoisotopic (exact) mass is 506 g/mol. The molecule has 1 aliphatic rings. The second-order valence-electron chi connectivity index (χ2n) is 7.77. The lowest BCUT2D eigenvalue weighted by Gasteiger charge is -2.21. The third-order valence-corrected chi connectivity index (χ3v) is 5.45. The maximum atomic E-state index is 12.0. The van der Waals surface area contributed by atoms with Crippen molar-refractivity contribution in [2.75, 3.05) is 27.7 Å². The topological polar surface area (TPSA) is 56.7 Å². The van der Waals surface area contributed by atoms with Crippen LogP contribution in [0, 0.1) is 6.92 Å². The molecule has 0 radical (unpaired) electrons. The van der Waals surface area contributed by atoms with Crippen molar-refractivity contribution in [2.24, 2.45) is 4.99 Å². The minimum atomic E-state index is 0. The Morgan fingerprint density at radius 3 is 2.28 bits per heavy atom. The maximum Gasteiger partial charge on any atom is 0.253 e. The molecule has 3 rings (SSSR count). The van der Waals surface area contributed by atoms with Crippen LogP contribution in [0.4, 0.5) is 0 Å². The van der Waals surface area contributed by atoms with Crippen LogP contribution in [-0.2, 0) is 12.0 Å². The first kappa shape index (κ1) is 23.2. The summed E-state index contributed by atoms with van der Waals surface area (Å²) in [5.74, 6) is 0.816. The molecule has 1 saturated carbocycles. The normalized spacial score (nSPS) is 14.6. The van der Waals surface area contributed by atoms with E-state index in [0.29, 0.717) is 12.1 Å². The second kappa shape index (κ2) is 10.1. The number of hydrogen-bond donors (Lipinski definition) is 2. The van der Waals surface area contributed by atoms with E-state index >= 15 is 0 Å². The van der Waals surface area contributed by atoms with E-state index in [9.17, 15) is 4.79 Å². The predicted octanol–water partition coefficient (Wildman–Crippen LogP) is 3.71. The molecule has 0 spiro atoms. The summed E-state index contributed by atoms with van der Waals surface area (Å²) in [5, 5.41) is 6.86. The highest BCUT2D eigenvalue weighted by Gasteiger charge is 2.44. The van der Waals surface area contributed by atoms with Crippen molar-refractivity contribution in [3.63, 3.8) is 0 Å². The van der Waals surface area contributed by atoms with Crippen molar-refractivity contribution < 1.29 is 4.79 Å². The molecule has 5 nitrogen and oxygen atoms in total. The molecule has 0 atom stereocenters. The summed E-state index contributed by atoms with van der Waals surface area (Å²) < 4.78 is 0. The van der Waals surface area contributed by atoms with E-state index in [1.165, 1.54) is 24.0 Å². The average molecular weight is 506 g/mol. The largest absolute Gasteiger partial charge is 0.356 e. The van der Waals surface area contributed by atoms with Crippen molar-refractivity contribution in [2.45, 2.75) is 31.7 Å². The Morgan fingerprint density at radius 1 is 1.07 bits per heavy atom. The van der Waals surface area contributed by atoms with E-state index in [1.807, 2.05) is 24.3 Å². The van der Waals surface area contributed by atoms with Crippen LogP contribution >= 0.6 is 24.0 Å². The first-order valence-corrected chi connectivity index (χ1v) is 9.76. The molecule has 1 aliphatic carbocycles. The standard InChI is InChI=1S/C23H30N4O.HI/c1-17-7-5-6-8-20(17)23(13-14-23)16-26-22(24-2)25-15-18-9-11-19(12-10-18)21(28)27(3)4;/h5-12H,13-16H2,1-4H3,(H2,24,25,26);1H. The van der Waals surface area contributed by atoms with Gasteiger partial charge in [-0.1, -0.05) is 36.4 Å². The lowest BCUT2D eigenvalue weighted by molar-refractivity contribution is 0.0827. The number of hydrogen-bond acceptors (Lipinski definition) is 2. The van der Waals surface area contributed by atoms with Gasteiger partial charge in [0.15, 0.2) is 5.96 Å². The van der Waals surface area contributed by atoms with Crippen LogP contribution in [-0.4, -0.2) is 44.5 Å². The number of aryl methyl sites for hydroxylation is 1. The van der Waals surface area contributed by atoms with Gasteiger partial charge in [-0.3, -0.25) is 9.79 Å². The summed E-state index contributed by atoms with van der Waals surface area (Å²) in [5.41, 5.74) is 4.84. The highest BCUT2D eigenvalue weighted by molar-refractivity contribution is 14.0. The number of nitrogens with zero attached hydrogens (tertiary/aromatic N) is 2. The third kappa shape index (κ3) is 5.72. The SMILES string of the molecule is CN=C(NCc1ccc(C(=O)N(C)C)cc1)NCC1(c2ccccc2C)CC1.I. The molecule has 0 heterocycles. The van der Waals surface area contributed by atoms with E-state index in [2.05, 4.69) is 46.8 Å². The van der Waals surface area contributed by atoms with Gasteiger partial charge in [0.05, 0.1) is 0 Å². The molecule has 2 N–H and O–H groups in total. The molecule has 0 aliphatic heterocycles. The highest BCUT2D eigenvalue weighted by atomic mass is 127. The van der Waals surface area contributed by atoms with Gasteiger partial charge < -0.3 is 15.5 Å². The van der Waals surface area contributed by atoms with Gasteiger partial charge in [0.1, 0.15) is 0 Å². The maximum absolute atomic E-state index is 12.0. The first-order chi connectivity index (χ1) is 13.4. The number of aliphatic imine (C=N–C) groups is 1. The fraction of sp³-hybridized carbons (Fsp3) is 0.391. The Kier molecular flexibility index (Phi) is 8.07. The summed E-state index contributed by atoms with van der Waals surface area (Å²) in [6, 6.07) is 16.4. The van der Waals surface area contributed by atoms with Gasteiger partial charge in [0, 0.05) is 45.2 Å². The quantitative estimate of drug-likeness (QED) is 0.357. The van der Waals surface area contributed by atoms with Crippen LogP contribution in [0.25, 0.3) is 0 Å². The first-order valence-electron chi connectivity index (χ1n) is 9.76. The number of carbonyl (C=O) groups is 1. The van der Waals surface area contributed by atoms with Gasteiger partial charge in [-0.05, 0) is 48.6 Å². The van der Waals surface area contributed by atoms with Crippen LogP contribution in [0.5, 0.6) is 0 Å². The van der Waals surface area contributed by atoms with Crippen LogP contribution in [0.3, 0.4) is 0 Å². The number of carbonyl (C=O) groups excluding carboxylic acids is 1. The smallest absolute Gasteiger partial charge is 0.253 e. The minimum absolute atomic E-state index is 0. The van der Waals surface area contributed by atoms with E-state index in [-0.39, 0.29) is 35.3 Å². The molecule has 2 aromatic rings. The molecule has 0 saturated heterocycles. The number of halogens is 1. The molecule has 1 fully saturated rings. The molecular formula is C23H31IN4O. The molecule has 0 bridgehead atoms. The van der Waals surface area contributed by atoms with Crippen molar-refractivity contribution in [3.8, 4) is 0 Å². The Bertz CT molecular complexity index is 857. The average Bonchev–Trinajstić information content (AvgIpc) is 3.49. The summed E-state index contributed by atoms with van der Waals surface area (Å²) in [4.78, 5) is 17.9. The summed E-state index contributed by atoms with van der Waals surface area (Å²) in [6.07, 6.45) is 2.42. The van der Waals surface area contributed by atoms with Crippen molar-refractivity contribution >= 4 is 35.8 Å². The molecule has 2 aromatic carbocycles. The zero-order chi connectivity index (χ0) is 20.1. The molecule has 6 heteroatoms. The Hall–Kier alpha value is -2.09.